The van der Waals surface area contributed by atoms with Crippen LogP contribution >= 0.6 is 49.9 Å². The van der Waals surface area contributed by atoms with Crippen LogP contribution in [0.2, 0.25) is 0 Å². The second kappa shape index (κ2) is 6.41. The van der Waals surface area contributed by atoms with Gasteiger partial charge in [0.2, 0.25) is 0 Å². The smallest absolute Gasteiger partial charge is 0.252 e. The molecule has 1 aromatic heterocycles. The fourth-order valence-corrected chi connectivity index (χ4v) is 3.74. The number of nitrogens with zero attached hydrogens (tertiary/aromatic N) is 1. The summed E-state index contributed by atoms with van der Waals surface area (Å²) in [6.45, 7) is 0.441. The minimum Gasteiger partial charge on any atom is -0.345 e. The van der Waals surface area contributed by atoms with E-state index in [1.807, 2.05) is 42.5 Å². The van der Waals surface area contributed by atoms with Crippen LogP contribution < -0.4 is 5.32 Å². The normalized spacial score (nSPS) is 10.8. The lowest BCUT2D eigenvalue weighted by Gasteiger charge is -2.05. The Hall–Kier alpha value is -0.990. The van der Waals surface area contributed by atoms with E-state index >= 15 is 0 Å². The molecule has 0 saturated carbocycles. The molecule has 21 heavy (non-hydrogen) atoms. The highest BCUT2D eigenvalue weighted by Crippen LogP contribution is 2.22. The molecule has 6 heteroatoms. The molecule has 0 aliphatic heterocycles. The number of thiazole rings is 1. The van der Waals surface area contributed by atoms with Crippen molar-refractivity contribution in [1.82, 2.24) is 10.3 Å². The van der Waals surface area contributed by atoms with Gasteiger partial charge in [-0.05, 0) is 68.9 Å². The molecule has 3 nitrogen and oxygen atoms in total. The summed E-state index contributed by atoms with van der Waals surface area (Å²) in [7, 11) is 0. The Kier molecular flexibility index (Phi) is 4.56. The number of aromatic nitrogens is 1. The third kappa shape index (κ3) is 3.44. The first-order valence-electron chi connectivity index (χ1n) is 6.21. The molecule has 0 fully saturated rings. The van der Waals surface area contributed by atoms with Gasteiger partial charge in [-0.3, -0.25) is 4.79 Å². The Labute approximate surface area is 148 Å². The van der Waals surface area contributed by atoms with E-state index in [1.54, 1.807) is 11.3 Å². The van der Waals surface area contributed by atoms with Crippen LogP contribution in [0.25, 0.3) is 10.2 Å². The lowest BCUT2D eigenvalue weighted by atomic mass is 10.2. The van der Waals surface area contributed by atoms with E-state index in [4.69, 9.17) is 0 Å². The van der Waals surface area contributed by atoms with Gasteiger partial charge >= 0.3 is 0 Å². The van der Waals surface area contributed by atoms with Crippen molar-refractivity contribution in [3.05, 3.63) is 61.1 Å². The Morgan fingerprint density at radius 2 is 2.10 bits per heavy atom. The number of fused-ring (bicyclic) bond motifs is 1. The summed E-state index contributed by atoms with van der Waals surface area (Å²) in [5.41, 5.74) is 1.62. The van der Waals surface area contributed by atoms with Gasteiger partial charge in [0.1, 0.15) is 5.01 Å². The lowest BCUT2D eigenvalue weighted by Crippen LogP contribution is -2.23. The molecule has 1 amide bonds. The van der Waals surface area contributed by atoms with E-state index in [0.717, 1.165) is 23.3 Å². The maximum absolute atomic E-state index is 12.2. The topological polar surface area (TPSA) is 42.0 Å². The highest BCUT2D eigenvalue weighted by atomic mass is 127. The number of nitrogens with one attached hydrogen (secondary N) is 1. The number of hydrogen-bond donors (Lipinski definition) is 1. The van der Waals surface area contributed by atoms with Crippen molar-refractivity contribution in [1.29, 1.82) is 0 Å². The predicted octanol–water partition coefficient (Wildman–Crippen LogP) is 4.59. The van der Waals surface area contributed by atoms with Crippen LogP contribution in [-0.2, 0) is 6.54 Å². The number of halogens is 2. The molecule has 3 aromatic rings. The zero-order valence-corrected chi connectivity index (χ0v) is 15.3. The molecular formula is C15H10BrIN2OS. The van der Waals surface area contributed by atoms with Crippen LogP contribution in [0.4, 0.5) is 0 Å². The summed E-state index contributed by atoms with van der Waals surface area (Å²) in [6, 6.07) is 13.7. The van der Waals surface area contributed by atoms with E-state index in [2.05, 4.69) is 48.8 Å². The highest BCUT2D eigenvalue weighted by Gasteiger charge is 2.11. The molecule has 0 saturated heterocycles. The average Bonchev–Trinajstić information content (AvgIpc) is 2.90. The molecule has 2 aromatic carbocycles. The molecule has 1 N–H and O–H groups in total. The molecule has 1 heterocycles. The summed E-state index contributed by atoms with van der Waals surface area (Å²) in [6.07, 6.45) is 0. The number of carbonyl (C=O) groups excluding carboxylic acids is 1. The van der Waals surface area contributed by atoms with Crippen molar-refractivity contribution in [2.45, 2.75) is 6.54 Å². The standard InChI is InChI=1S/C15H10BrIN2OS/c16-11-6-5-9(17)7-10(11)15(20)18-8-14-19-12-3-1-2-4-13(12)21-14/h1-7H,8H2,(H,18,20). The van der Waals surface area contributed by atoms with Crippen molar-refractivity contribution < 1.29 is 4.79 Å². The Morgan fingerprint density at radius 1 is 1.29 bits per heavy atom. The van der Waals surface area contributed by atoms with Gasteiger partial charge < -0.3 is 5.32 Å². The van der Waals surface area contributed by atoms with Gasteiger partial charge in [0.15, 0.2) is 0 Å². The summed E-state index contributed by atoms with van der Waals surface area (Å²) in [5.74, 6) is -0.0975. The Morgan fingerprint density at radius 3 is 2.90 bits per heavy atom. The van der Waals surface area contributed by atoms with Crippen LogP contribution in [0.1, 0.15) is 15.4 Å². The lowest BCUT2D eigenvalue weighted by molar-refractivity contribution is 0.0950. The van der Waals surface area contributed by atoms with Gasteiger partial charge in [-0.15, -0.1) is 11.3 Å². The minimum absolute atomic E-state index is 0.0975. The number of amides is 1. The van der Waals surface area contributed by atoms with Gasteiger partial charge in [-0.1, -0.05) is 12.1 Å². The largest absolute Gasteiger partial charge is 0.345 e. The van der Waals surface area contributed by atoms with Crippen molar-refractivity contribution in [2.24, 2.45) is 0 Å². The highest BCUT2D eigenvalue weighted by molar-refractivity contribution is 14.1. The van der Waals surface area contributed by atoms with E-state index in [9.17, 15) is 4.79 Å². The summed E-state index contributed by atoms with van der Waals surface area (Å²) in [5, 5.41) is 3.83. The van der Waals surface area contributed by atoms with Crippen molar-refractivity contribution in [3.63, 3.8) is 0 Å². The fourth-order valence-electron chi connectivity index (χ4n) is 1.92. The summed E-state index contributed by atoms with van der Waals surface area (Å²) >= 11 is 7.20. The predicted molar refractivity (Wildman–Crippen MR) is 97.6 cm³/mol. The first-order valence-corrected chi connectivity index (χ1v) is 8.90. The number of carbonyl (C=O) groups is 1. The molecule has 0 bridgehead atoms. The molecule has 0 aliphatic rings. The third-order valence-electron chi connectivity index (χ3n) is 2.91. The quantitative estimate of drug-likeness (QED) is 0.566. The Bertz CT molecular complexity index is 785. The molecular weight excluding hydrogens is 463 g/mol. The second-order valence-corrected chi connectivity index (χ2v) is 7.60. The van der Waals surface area contributed by atoms with Crippen LogP contribution in [0, 0.1) is 3.57 Å². The van der Waals surface area contributed by atoms with Crippen LogP contribution in [-0.4, -0.2) is 10.9 Å². The number of rotatable bonds is 3. The van der Waals surface area contributed by atoms with Gasteiger partial charge in [0.25, 0.3) is 5.91 Å². The maximum atomic E-state index is 12.2. The summed E-state index contributed by atoms with van der Waals surface area (Å²) < 4.78 is 2.96. The van der Waals surface area contributed by atoms with Crippen molar-refractivity contribution >= 4 is 66.0 Å². The van der Waals surface area contributed by atoms with Gasteiger partial charge in [0.05, 0.1) is 22.3 Å². The molecule has 0 aliphatic carbocycles. The molecule has 0 radical (unpaired) electrons. The molecule has 0 atom stereocenters. The second-order valence-electron chi connectivity index (χ2n) is 4.38. The van der Waals surface area contributed by atoms with Gasteiger partial charge in [-0.2, -0.15) is 0 Å². The minimum atomic E-state index is -0.0975. The monoisotopic (exact) mass is 472 g/mol. The Balaban J connectivity index is 1.74. The van der Waals surface area contributed by atoms with Crippen LogP contribution in [0.5, 0.6) is 0 Å². The van der Waals surface area contributed by atoms with Crippen molar-refractivity contribution in [2.75, 3.05) is 0 Å². The van der Waals surface area contributed by atoms with Gasteiger partial charge in [0, 0.05) is 8.04 Å². The zero-order chi connectivity index (χ0) is 14.8. The first kappa shape index (κ1) is 14.9. The molecule has 106 valence electrons. The van der Waals surface area contributed by atoms with E-state index in [0.29, 0.717) is 12.1 Å². The van der Waals surface area contributed by atoms with Crippen molar-refractivity contribution in [3.8, 4) is 0 Å². The van der Waals surface area contributed by atoms with Crippen LogP contribution in [0.15, 0.2) is 46.9 Å². The third-order valence-corrected chi connectivity index (χ3v) is 5.31. The van der Waals surface area contributed by atoms with E-state index in [-0.39, 0.29) is 5.91 Å². The summed E-state index contributed by atoms with van der Waals surface area (Å²) in [4.78, 5) is 16.7. The number of hydrogen-bond acceptors (Lipinski definition) is 3. The molecule has 0 unspecified atom stereocenters. The van der Waals surface area contributed by atoms with Crippen LogP contribution in [0.3, 0.4) is 0 Å². The van der Waals surface area contributed by atoms with E-state index < -0.39 is 0 Å². The SMILES string of the molecule is O=C(NCc1nc2ccccc2s1)c1cc(I)ccc1Br. The van der Waals surface area contributed by atoms with E-state index in [1.165, 1.54) is 0 Å². The maximum Gasteiger partial charge on any atom is 0.252 e. The van der Waals surface area contributed by atoms with Gasteiger partial charge in [-0.25, -0.2) is 4.98 Å². The number of benzene rings is 2. The fraction of sp³-hybridized carbons (Fsp3) is 0.0667. The first-order chi connectivity index (χ1) is 10.1. The molecule has 3 rings (SSSR count). The number of para-hydroxylation sites is 1. The zero-order valence-electron chi connectivity index (χ0n) is 10.8. The molecule has 0 spiro atoms. The average molecular weight is 473 g/mol.